The van der Waals surface area contributed by atoms with E-state index in [0.29, 0.717) is 38.9 Å². The number of anilines is 1. The lowest BCUT2D eigenvalue weighted by atomic mass is 10.1. The van der Waals surface area contributed by atoms with Gasteiger partial charge < -0.3 is 24.3 Å². The Morgan fingerprint density at radius 1 is 1.00 bits per heavy atom. The SMILES string of the molecule is COC(=O)c1cc(OCC(=O)Nc2ccc(OC)c(Cl)c2)c2cc(OC)ccc2n1. The molecule has 0 bridgehead atoms. The smallest absolute Gasteiger partial charge is 0.356 e. The summed E-state index contributed by atoms with van der Waals surface area (Å²) in [6.45, 7) is -0.305. The third-order valence-corrected chi connectivity index (χ3v) is 4.46. The molecule has 0 saturated heterocycles. The summed E-state index contributed by atoms with van der Waals surface area (Å²) in [7, 11) is 4.30. The molecule has 3 rings (SSSR count). The van der Waals surface area contributed by atoms with Crippen molar-refractivity contribution in [3.8, 4) is 17.2 Å². The zero-order valence-electron chi connectivity index (χ0n) is 16.5. The van der Waals surface area contributed by atoms with Crippen LogP contribution in [0.2, 0.25) is 5.02 Å². The number of nitrogens with zero attached hydrogens (tertiary/aromatic N) is 1. The van der Waals surface area contributed by atoms with Crippen molar-refractivity contribution in [3.63, 3.8) is 0 Å². The summed E-state index contributed by atoms with van der Waals surface area (Å²) >= 11 is 6.07. The second-order valence-corrected chi connectivity index (χ2v) is 6.47. The van der Waals surface area contributed by atoms with Crippen LogP contribution in [0.3, 0.4) is 0 Å². The van der Waals surface area contributed by atoms with Crippen LogP contribution in [0.5, 0.6) is 17.2 Å². The molecule has 1 heterocycles. The number of esters is 1. The fraction of sp³-hybridized carbons (Fsp3) is 0.190. The van der Waals surface area contributed by atoms with Crippen molar-refractivity contribution in [1.29, 1.82) is 0 Å². The zero-order chi connectivity index (χ0) is 21.7. The van der Waals surface area contributed by atoms with Gasteiger partial charge in [-0.1, -0.05) is 11.6 Å². The Morgan fingerprint density at radius 2 is 1.80 bits per heavy atom. The van der Waals surface area contributed by atoms with E-state index < -0.39 is 11.9 Å². The minimum atomic E-state index is -0.616. The minimum absolute atomic E-state index is 0.0625. The summed E-state index contributed by atoms with van der Waals surface area (Å²) in [6.07, 6.45) is 0. The lowest BCUT2D eigenvalue weighted by Crippen LogP contribution is -2.20. The first-order chi connectivity index (χ1) is 14.4. The molecule has 0 aliphatic carbocycles. The molecule has 3 aromatic rings. The van der Waals surface area contributed by atoms with Crippen molar-refractivity contribution in [2.24, 2.45) is 0 Å². The predicted octanol–water partition coefficient (Wildman–Crippen LogP) is 3.71. The Kier molecular flexibility index (Phi) is 6.58. The highest BCUT2D eigenvalue weighted by Gasteiger charge is 2.15. The number of pyridine rings is 1. The van der Waals surface area contributed by atoms with Crippen LogP contribution >= 0.6 is 11.6 Å². The van der Waals surface area contributed by atoms with Crippen LogP contribution in [0.1, 0.15) is 10.5 Å². The Balaban J connectivity index is 1.82. The number of methoxy groups -OCH3 is 3. The van der Waals surface area contributed by atoms with E-state index in [0.717, 1.165) is 0 Å². The van der Waals surface area contributed by atoms with Crippen LogP contribution in [-0.2, 0) is 9.53 Å². The number of hydrogen-bond donors (Lipinski definition) is 1. The molecule has 0 saturated carbocycles. The number of benzene rings is 2. The van der Waals surface area contributed by atoms with Gasteiger partial charge in [-0.2, -0.15) is 0 Å². The molecule has 2 aromatic carbocycles. The number of fused-ring (bicyclic) bond motifs is 1. The van der Waals surface area contributed by atoms with Crippen molar-refractivity contribution in [1.82, 2.24) is 4.98 Å². The molecule has 9 heteroatoms. The van der Waals surface area contributed by atoms with Crippen LogP contribution in [0.4, 0.5) is 5.69 Å². The maximum absolute atomic E-state index is 12.3. The van der Waals surface area contributed by atoms with Gasteiger partial charge in [0, 0.05) is 17.1 Å². The molecule has 0 spiro atoms. The number of hydrogen-bond acceptors (Lipinski definition) is 7. The highest BCUT2D eigenvalue weighted by atomic mass is 35.5. The molecule has 30 heavy (non-hydrogen) atoms. The Hall–Kier alpha value is -3.52. The van der Waals surface area contributed by atoms with E-state index in [-0.39, 0.29) is 12.3 Å². The normalized spacial score (nSPS) is 10.4. The van der Waals surface area contributed by atoms with Gasteiger partial charge in [-0.15, -0.1) is 0 Å². The third kappa shape index (κ3) is 4.72. The molecule has 0 aliphatic rings. The number of carbonyl (C=O) groups excluding carboxylic acids is 2. The standard InChI is InChI=1S/C21H19ClN2O6/c1-27-13-5-6-16-14(9-13)19(10-17(24-16)21(26)29-3)30-11-20(25)23-12-4-7-18(28-2)15(22)8-12/h4-10H,11H2,1-3H3,(H,23,25). The van der Waals surface area contributed by atoms with Gasteiger partial charge in [-0.25, -0.2) is 9.78 Å². The van der Waals surface area contributed by atoms with Gasteiger partial charge in [0.05, 0.1) is 31.9 Å². The van der Waals surface area contributed by atoms with Gasteiger partial charge in [0.25, 0.3) is 5.91 Å². The van der Waals surface area contributed by atoms with Gasteiger partial charge in [0.2, 0.25) is 0 Å². The lowest BCUT2D eigenvalue weighted by Gasteiger charge is -2.12. The fourth-order valence-electron chi connectivity index (χ4n) is 2.71. The maximum atomic E-state index is 12.3. The fourth-order valence-corrected chi connectivity index (χ4v) is 2.97. The van der Waals surface area contributed by atoms with Gasteiger partial charge in [-0.3, -0.25) is 4.79 Å². The molecule has 1 N–H and O–H groups in total. The molecule has 8 nitrogen and oxygen atoms in total. The first-order valence-corrected chi connectivity index (χ1v) is 9.16. The molecule has 1 aromatic heterocycles. The van der Waals surface area contributed by atoms with Crippen molar-refractivity contribution in [2.45, 2.75) is 0 Å². The van der Waals surface area contributed by atoms with Crippen LogP contribution in [0.15, 0.2) is 42.5 Å². The molecule has 0 radical (unpaired) electrons. The predicted molar refractivity (Wildman–Crippen MR) is 112 cm³/mol. The molecule has 1 amide bonds. The van der Waals surface area contributed by atoms with Gasteiger partial charge in [-0.05, 0) is 36.4 Å². The number of ether oxygens (including phenoxy) is 4. The number of nitrogens with one attached hydrogen (secondary N) is 1. The second kappa shape index (κ2) is 9.32. The zero-order valence-corrected chi connectivity index (χ0v) is 17.3. The maximum Gasteiger partial charge on any atom is 0.356 e. The van der Waals surface area contributed by atoms with E-state index in [2.05, 4.69) is 10.3 Å². The third-order valence-electron chi connectivity index (χ3n) is 4.17. The molecule has 0 aliphatic heterocycles. The monoisotopic (exact) mass is 430 g/mol. The van der Waals surface area contributed by atoms with Crippen LogP contribution in [-0.4, -0.2) is 44.8 Å². The largest absolute Gasteiger partial charge is 0.497 e. The van der Waals surface area contributed by atoms with E-state index in [4.69, 9.17) is 30.5 Å². The topological polar surface area (TPSA) is 96.0 Å². The molecular formula is C21H19ClN2O6. The van der Waals surface area contributed by atoms with E-state index in [1.165, 1.54) is 27.4 Å². The molecule has 0 unspecified atom stereocenters. The first kappa shape index (κ1) is 21.2. The second-order valence-electron chi connectivity index (χ2n) is 6.07. The van der Waals surface area contributed by atoms with Crippen LogP contribution < -0.4 is 19.5 Å². The lowest BCUT2D eigenvalue weighted by molar-refractivity contribution is -0.118. The first-order valence-electron chi connectivity index (χ1n) is 8.78. The summed E-state index contributed by atoms with van der Waals surface area (Å²) in [6, 6.07) is 11.4. The number of carbonyl (C=O) groups is 2. The van der Waals surface area contributed by atoms with E-state index in [9.17, 15) is 9.59 Å². The Labute approximate surface area is 177 Å². The molecule has 0 fully saturated rings. The average molecular weight is 431 g/mol. The van der Waals surface area contributed by atoms with Gasteiger partial charge >= 0.3 is 5.97 Å². The summed E-state index contributed by atoms with van der Waals surface area (Å²) < 4.78 is 20.7. The number of aromatic nitrogens is 1. The quantitative estimate of drug-likeness (QED) is 0.571. The van der Waals surface area contributed by atoms with E-state index in [1.54, 1.807) is 36.4 Å². The average Bonchev–Trinajstić information content (AvgIpc) is 2.76. The Bertz CT molecular complexity index is 1100. The summed E-state index contributed by atoms with van der Waals surface area (Å²) in [4.78, 5) is 28.5. The van der Waals surface area contributed by atoms with E-state index in [1.807, 2.05) is 0 Å². The van der Waals surface area contributed by atoms with Gasteiger partial charge in [0.1, 0.15) is 17.2 Å². The highest BCUT2D eigenvalue weighted by molar-refractivity contribution is 6.32. The number of halogens is 1. The molecular weight excluding hydrogens is 412 g/mol. The summed E-state index contributed by atoms with van der Waals surface area (Å²) in [5.41, 5.74) is 1.05. The minimum Gasteiger partial charge on any atom is -0.497 e. The van der Waals surface area contributed by atoms with E-state index >= 15 is 0 Å². The highest BCUT2D eigenvalue weighted by Crippen LogP contribution is 2.30. The van der Waals surface area contributed by atoms with Crippen molar-refractivity contribution >= 4 is 40.1 Å². The number of rotatable bonds is 7. The number of amides is 1. The van der Waals surface area contributed by atoms with Gasteiger partial charge in [0.15, 0.2) is 12.3 Å². The van der Waals surface area contributed by atoms with Crippen molar-refractivity contribution in [3.05, 3.63) is 53.2 Å². The molecule has 0 atom stereocenters. The summed E-state index contributed by atoms with van der Waals surface area (Å²) in [5, 5.41) is 3.64. The molecule has 156 valence electrons. The Morgan fingerprint density at radius 3 is 2.47 bits per heavy atom. The van der Waals surface area contributed by atoms with Crippen LogP contribution in [0.25, 0.3) is 10.9 Å². The summed E-state index contributed by atoms with van der Waals surface area (Å²) in [5.74, 6) is 0.344. The van der Waals surface area contributed by atoms with Crippen LogP contribution in [0, 0.1) is 0 Å². The van der Waals surface area contributed by atoms with Crippen molar-refractivity contribution in [2.75, 3.05) is 33.3 Å². The van der Waals surface area contributed by atoms with Crippen molar-refractivity contribution < 1.29 is 28.5 Å².